The minimum Gasteiger partial charge on any atom is -0.465 e. The maximum absolute atomic E-state index is 15.5. The van der Waals surface area contributed by atoms with Gasteiger partial charge in [0.05, 0.1) is 24.3 Å². The van der Waals surface area contributed by atoms with Crippen LogP contribution in [0, 0.1) is 5.82 Å². The normalized spacial score (nSPS) is 13.7. The fraction of sp³-hybridized carbons (Fsp3) is 0.200. The Morgan fingerprint density at radius 1 is 1.24 bits per heavy atom. The van der Waals surface area contributed by atoms with Gasteiger partial charge < -0.3 is 34.8 Å². The van der Waals surface area contributed by atoms with Crippen LogP contribution in [0.5, 0.6) is 5.75 Å². The highest BCUT2D eigenvalue weighted by atomic mass is 35.5. The molecule has 5 N–H and O–H groups in total. The number of hydrogen-bond donors (Lipinski definition) is 5. The van der Waals surface area contributed by atoms with E-state index in [1.54, 1.807) is 29.2 Å². The highest BCUT2D eigenvalue weighted by Gasteiger charge is 2.23. The number of nitrogens with one attached hydrogen (secondary N) is 3. The molecular formula is C25H24ClFN7O7P. The number of phosphoric ester groups is 1. The standard InChI is InChI=1S/C25H24ClFN7O7P/c1-2-19(35)28-15-5-3-4-14(10-15)21-20-23(26)32-33-24(20)31-25(30-21)29-16-11-17(27)22(34-6-8-39-9-7-34)18(12-16)40-13-41-42(36,37)38/h2-5,10-12H,1,6-9,13H2,(H,28,35)(H2,36,37,38)(H2,29,30,31,32,33). The number of amides is 1. The summed E-state index contributed by atoms with van der Waals surface area (Å²) in [7, 11) is -4.83. The molecular weight excluding hydrogens is 596 g/mol. The number of aromatic amines is 1. The summed E-state index contributed by atoms with van der Waals surface area (Å²) in [5.74, 6) is -1.09. The quantitative estimate of drug-likeness (QED) is 0.0979. The molecule has 5 rings (SSSR count). The number of phosphoric acid groups is 1. The zero-order valence-electron chi connectivity index (χ0n) is 21.7. The molecule has 220 valence electrons. The third kappa shape index (κ3) is 6.85. The number of morpholine rings is 1. The molecule has 1 amide bonds. The predicted octanol–water partition coefficient (Wildman–Crippen LogP) is 3.96. The van der Waals surface area contributed by atoms with Crippen LogP contribution < -0.4 is 20.3 Å². The van der Waals surface area contributed by atoms with E-state index in [-0.39, 0.29) is 33.9 Å². The topological polar surface area (TPSA) is 184 Å². The molecule has 0 bridgehead atoms. The van der Waals surface area contributed by atoms with Gasteiger partial charge in [-0.2, -0.15) is 10.1 Å². The number of ether oxygens (including phenoxy) is 2. The van der Waals surface area contributed by atoms with Gasteiger partial charge in [-0.25, -0.2) is 18.5 Å². The van der Waals surface area contributed by atoms with Gasteiger partial charge in [0.1, 0.15) is 10.8 Å². The van der Waals surface area contributed by atoms with Gasteiger partial charge in [-0.15, -0.1) is 0 Å². The van der Waals surface area contributed by atoms with Crippen LogP contribution in [0.4, 0.5) is 27.4 Å². The second-order valence-corrected chi connectivity index (χ2v) is 10.4. The van der Waals surface area contributed by atoms with Crippen molar-refractivity contribution < 1.29 is 37.5 Å². The third-order valence-electron chi connectivity index (χ3n) is 6.01. The Balaban J connectivity index is 1.52. The van der Waals surface area contributed by atoms with Crippen molar-refractivity contribution in [1.29, 1.82) is 0 Å². The molecule has 0 unspecified atom stereocenters. The predicted molar refractivity (Wildman–Crippen MR) is 152 cm³/mol. The summed E-state index contributed by atoms with van der Waals surface area (Å²) in [5, 5.41) is 13.0. The summed E-state index contributed by atoms with van der Waals surface area (Å²) in [6, 6.07) is 9.47. The largest absolute Gasteiger partial charge is 0.472 e. The van der Waals surface area contributed by atoms with Crippen molar-refractivity contribution in [1.82, 2.24) is 20.2 Å². The first-order valence-corrected chi connectivity index (χ1v) is 14.2. The first kappa shape index (κ1) is 29.4. The summed E-state index contributed by atoms with van der Waals surface area (Å²) in [6.07, 6.45) is 1.14. The van der Waals surface area contributed by atoms with Gasteiger partial charge >= 0.3 is 7.82 Å². The van der Waals surface area contributed by atoms with Gasteiger partial charge in [0, 0.05) is 36.1 Å². The number of halogens is 2. The molecule has 0 spiro atoms. The number of benzene rings is 2. The number of H-pyrrole nitrogens is 1. The molecule has 1 fully saturated rings. The molecule has 0 aliphatic carbocycles. The van der Waals surface area contributed by atoms with Crippen LogP contribution in [0.3, 0.4) is 0 Å². The first-order valence-electron chi connectivity index (χ1n) is 12.3. The zero-order valence-corrected chi connectivity index (χ0v) is 23.4. The van der Waals surface area contributed by atoms with E-state index in [9.17, 15) is 9.36 Å². The van der Waals surface area contributed by atoms with E-state index in [0.717, 1.165) is 6.08 Å². The monoisotopic (exact) mass is 619 g/mol. The lowest BCUT2D eigenvalue weighted by atomic mass is 10.1. The van der Waals surface area contributed by atoms with E-state index >= 15 is 4.39 Å². The van der Waals surface area contributed by atoms with E-state index in [1.165, 1.54) is 12.1 Å². The molecule has 0 radical (unpaired) electrons. The smallest absolute Gasteiger partial charge is 0.465 e. The van der Waals surface area contributed by atoms with Gasteiger partial charge in [0.2, 0.25) is 11.9 Å². The molecule has 42 heavy (non-hydrogen) atoms. The minimum absolute atomic E-state index is 0.0251. The number of aromatic nitrogens is 4. The van der Waals surface area contributed by atoms with Gasteiger partial charge in [-0.3, -0.25) is 9.89 Å². The van der Waals surface area contributed by atoms with E-state index in [0.29, 0.717) is 48.6 Å². The number of fused-ring (bicyclic) bond motifs is 1. The average Bonchev–Trinajstić information content (AvgIpc) is 3.32. The number of anilines is 4. The molecule has 2 aromatic heterocycles. The molecule has 0 atom stereocenters. The van der Waals surface area contributed by atoms with Crippen LogP contribution >= 0.6 is 19.4 Å². The Morgan fingerprint density at radius 3 is 2.76 bits per heavy atom. The summed E-state index contributed by atoms with van der Waals surface area (Å²) >= 11 is 6.35. The van der Waals surface area contributed by atoms with Crippen LogP contribution in [0.25, 0.3) is 22.3 Å². The Bertz CT molecular complexity index is 1690. The molecule has 2 aromatic carbocycles. The fourth-order valence-corrected chi connectivity index (χ4v) is 4.64. The summed E-state index contributed by atoms with van der Waals surface area (Å²) in [4.78, 5) is 40.5. The van der Waals surface area contributed by atoms with Crippen molar-refractivity contribution in [3.05, 3.63) is 60.0 Å². The Hall–Kier alpha value is -4.11. The van der Waals surface area contributed by atoms with Crippen LogP contribution in [-0.2, 0) is 18.6 Å². The summed E-state index contributed by atoms with van der Waals surface area (Å²) < 4.78 is 41.9. The molecule has 17 heteroatoms. The summed E-state index contributed by atoms with van der Waals surface area (Å²) in [6.45, 7) is 4.08. The van der Waals surface area contributed by atoms with Crippen LogP contribution in [0.15, 0.2) is 49.1 Å². The Labute approximate surface area is 242 Å². The van der Waals surface area contributed by atoms with Gasteiger partial charge in [0.15, 0.2) is 24.0 Å². The fourth-order valence-electron chi connectivity index (χ4n) is 4.23. The van der Waals surface area contributed by atoms with Gasteiger partial charge in [-0.05, 0) is 24.3 Å². The van der Waals surface area contributed by atoms with E-state index in [1.807, 2.05) is 0 Å². The summed E-state index contributed by atoms with van der Waals surface area (Å²) in [5.41, 5.74) is 1.88. The van der Waals surface area contributed by atoms with Crippen LogP contribution in [0.1, 0.15) is 0 Å². The Kier molecular flexibility index (Phi) is 8.68. The second kappa shape index (κ2) is 12.4. The maximum Gasteiger partial charge on any atom is 0.472 e. The van der Waals surface area contributed by atoms with Crippen molar-refractivity contribution in [2.24, 2.45) is 0 Å². The lowest BCUT2D eigenvalue weighted by molar-refractivity contribution is -0.111. The van der Waals surface area contributed by atoms with E-state index < -0.39 is 26.3 Å². The van der Waals surface area contributed by atoms with Crippen molar-refractivity contribution >= 4 is 59.4 Å². The highest BCUT2D eigenvalue weighted by Crippen LogP contribution is 2.39. The first-order chi connectivity index (χ1) is 20.1. The van der Waals surface area contributed by atoms with E-state index in [2.05, 4.69) is 41.9 Å². The van der Waals surface area contributed by atoms with Crippen LogP contribution in [0.2, 0.25) is 5.15 Å². The number of nitrogens with zero attached hydrogens (tertiary/aromatic N) is 4. The van der Waals surface area contributed by atoms with Crippen molar-refractivity contribution in [2.75, 3.05) is 48.6 Å². The molecule has 4 aromatic rings. The van der Waals surface area contributed by atoms with Crippen LogP contribution in [-0.4, -0.2) is 69.0 Å². The zero-order chi connectivity index (χ0) is 29.9. The second-order valence-electron chi connectivity index (χ2n) is 8.82. The third-order valence-corrected chi connectivity index (χ3v) is 6.72. The molecule has 0 saturated carbocycles. The average molecular weight is 620 g/mol. The molecule has 1 saturated heterocycles. The maximum atomic E-state index is 15.5. The lowest BCUT2D eigenvalue weighted by Gasteiger charge is -2.30. The number of hydrogen-bond acceptors (Lipinski definition) is 10. The molecule has 14 nitrogen and oxygen atoms in total. The van der Waals surface area contributed by atoms with Crippen molar-refractivity contribution in [2.45, 2.75) is 0 Å². The van der Waals surface area contributed by atoms with Crippen molar-refractivity contribution in [3.63, 3.8) is 0 Å². The van der Waals surface area contributed by atoms with Gasteiger partial charge in [-0.1, -0.05) is 30.3 Å². The lowest BCUT2D eigenvalue weighted by Crippen LogP contribution is -2.37. The Morgan fingerprint density at radius 2 is 2.02 bits per heavy atom. The highest BCUT2D eigenvalue weighted by molar-refractivity contribution is 7.46. The SMILES string of the molecule is C=CC(=O)Nc1cccc(-c2nc(Nc3cc(F)c(N4CCOCC4)c(OCOP(=O)(O)O)c3)nc3n[nH]c(Cl)c23)c1. The number of carbonyl (C=O) groups excluding carboxylic acids is 1. The molecule has 1 aliphatic rings. The number of carbonyl (C=O) groups is 1. The van der Waals surface area contributed by atoms with Crippen molar-refractivity contribution in [3.8, 4) is 17.0 Å². The van der Waals surface area contributed by atoms with E-state index in [4.69, 9.17) is 30.9 Å². The molecule has 3 heterocycles. The van der Waals surface area contributed by atoms with Gasteiger partial charge in [0.25, 0.3) is 0 Å². The number of rotatable bonds is 10. The minimum atomic E-state index is -4.83. The molecule has 1 aliphatic heterocycles.